The van der Waals surface area contributed by atoms with Crippen LogP contribution in [0.5, 0.6) is 0 Å². The first-order valence-corrected chi connectivity index (χ1v) is 7.62. The van der Waals surface area contributed by atoms with Crippen LogP contribution in [-0.4, -0.2) is 36.6 Å². The highest BCUT2D eigenvalue weighted by Crippen LogP contribution is 2.34. The average Bonchev–Trinajstić information content (AvgIpc) is 3.10. The first-order valence-electron chi connectivity index (χ1n) is 7.62. The molecule has 2 nitrogen and oxygen atoms in total. The molecule has 2 heteroatoms. The fourth-order valence-corrected chi connectivity index (χ4v) is 2.46. The summed E-state index contributed by atoms with van der Waals surface area (Å²) in [7, 11) is 0. The third-order valence-corrected chi connectivity index (χ3v) is 4.12. The van der Waals surface area contributed by atoms with Crippen LogP contribution in [-0.2, 0) is 0 Å². The molecule has 1 N–H and O–H groups in total. The molecule has 0 amide bonds. The SMILES string of the molecule is CC(C)NCCC(C)N(CC1CC1)CC1CC1. The van der Waals surface area contributed by atoms with E-state index in [9.17, 15) is 0 Å². The molecule has 2 rings (SSSR count). The van der Waals surface area contributed by atoms with Gasteiger partial charge in [0.2, 0.25) is 0 Å². The zero-order valence-electron chi connectivity index (χ0n) is 11.9. The molecule has 0 aromatic rings. The molecule has 100 valence electrons. The fraction of sp³-hybridized carbons (Fsp3) is 1.00. The second kappa shape index (κ2) is 6.19. The van der Waals surface area contributed by atoms with Crippen LogP contribution in [0.1, 0.15) is 52.9 Å². The van der Waals surface area contributed by atoms with Crippen LogP contribution in [0.3, 0.4) is 0 Å². The van der Waals surface area contributed by atoms with Crippen LogP contribution in [0, 0.1) is 11.8 Å². The summed E-state index contributed by atoms with van der Waals surface area (Å²) in [4.78, 5) is 2.78. The van der Waals surface area contributed by atoms with Crippen LogP contribution in [0.15, 0.2) is 0 Å². The van der Waals surface area contributed by atoms with Crippen molar-refractivity contribution in [2.45, 2.75) is 65.0 Å². The van der Waals surface area contributed by atoms with Gasteiger partial charge in [0.1, 0.15) is 0 Å². The van der Waals surface area contributed by atoms with Gasteiger partial charge < -0.3 is 10.2 Å². The summed E-state index contributed by atoms with van der Waals surface area (Å²) in [5, 5.41) is 3.54. The van der Waals surface area contributed by atoms with Gasteiger partial charge in [0.25, 0.3) is 0 Å². The summed E-state index contributed by atoms with van der Waals surface area (Å²) in [5.41, 5.74) is 0. The first kappa shape index (κ1) is 13.4. The lowest BCUT2D eigenvalue weighted by atomic mass is 10.1. The lowest BCUT2D eigenvalue weighted by Crippen LogP contribution is -2.39. The molecule has 2 aliphatic carbocycles. The maximum absolute atomic E-state index is 3.54. The number of nitrogens with zero attached hydrogens (tertiary/aromatic N) is 1. The minimum absolute atomic E-state index is 0.627. The monoisotopic (exact) mass is 238 g/mol. The summed E-state index contributed by atoms with van der Waals surface area (Å²) in [6.07, 6.45) is 7.24. The third kappa shape index (κ3) is 5.39. The number of rotatable bonds is 9. The zero-order chi connectivity index (χ0) is 12.3. The molecule has 17 heavy (non-hydrogen) atoms. The second-order valence-corrected chi connectivity index (χ2v) is 6.59. The van der Waals surface area contributed by atoms with Gasteiger partial charge in [-0.15, -0.1) is 0 Å². The molecule has 0 aromatic carbocycles. The van der Waals surface area contributed by atoms with Crippen molar-refractivity contribution in [3.05, 3.63) is 0 Å². The molecule has 2 aliphatic rings. The molecular formula is C15H30N2. The van der Waals surface area contributed by atoms with Crippen molar-refractivity contribution >= 4 is 0 Å². The van der Waals surface area contributed by atoms with Crippen molar-refractivity contribution < 1.29 is 0 Å². The topological polar surface area (TPSA) is 15.3 Å². The molecule has 0 aliphatic heterocycles. The molecule has 0 heterocycles. The number of hydrogen-bond donors (Lipinski definition) is 1. The number of nitrogens with one attached hydrogen (secondary N) is 1. The normalized spacial score (nSPS) is 22.4. The van der Waals surface area contributed by atoms with E-state index in [0.717, 1.165) is 17.9 Å². The molecule has 2 saturated carbocycles. The van der Waals surface area contributed by atoms with E-state index in [4.69, 9.17) is 0 Å². The van der Waals surface area contributed by atoms with Crippen LogP contribution in [0.25, 0.3) is 0 Å². The lowest BCUT2D eigenvalue weighted by molar-refractivity contribution is 0.182. The molecule has 0 spiro atoms. The molecular weight excluding hydrogens is 208 g/mol. The van der Waals surface area contributed by atoms with Crippen LogP contribution >= 0.6 is 0 Å². The Bertz CT molecular complexity index is 205. The smallest absolute Gasteiger partial charge is 0.00792 e. The van der Waals surface area contributed by atoms with Gasteiger partial charge in [-0.2, -0.15) is 0 Å². The van der Waals surface area contributed by atoms with E-state index >= 15 is 0 Å². The average molecular weight is 238 g/mol. The molecule has 2 fully saturated rings. The van der Waals surface area contributed by atoms with Crippen LogP contribution < -0.4 is 5.32 Å². The Kier molecular flexibility index (Phi) is 4.87. The maximum Gasteiger partial charge on any atom is 0.00792 e. The van der Waals surface area contributed by atoms with Crippen molar-refractivity contribution in [1.82, 2.24) is 10.2 Å². The Morgan fingerprint density at radius 2 is 1.53 bits per heavy atom. The largest absolute Gasteiger partial charge is 0.314 e. The van der Waals surface area contributed by atoms with Crippen molar-refractivity contribution in [1.29, 1.82) is 0 Å². The van der Waals surface area contributed by atoms with Crippen molar-refractivity contribution in [2.75, 3.05) is 19.6 Å². The standard InChI is InChI=1S/C15H30N2/c1-12(2)16-9-8-13(3)17(10-14-4-5-14)11-15-6-7-15/h12-16H,4-11H2,1-3H3. The Hall–Kier alpha value is -0.0800. The molecule has 0 radical (unpaired) electrons. The van der Waals surface area contributed by atoms with Crippen molar-refractivity contribution in [3.8, 4) is 0 Å². The van der Waals surface area contributed by atoms with Crippen LogP contribution in [0.2, 0.25) is 0 Å². The van der Waals surface area contributed by atoms with E-state index in [-0.39, 0.29) is 0 Å². The highest BCUT2D eigenvalue weighted by molar-refractivity contribution is 4.84. The van der Waals surface area contributed by atoms with Gasteiger partial charge in [-0.1, -0.05) is 13.8 Å². The minimum Gasteiger partial charge on any atom is -0.314 e. The van der Waals surface area contributed by atoms with Gasteiger partial charge in [0.15, 0.2) is 0 Å². The first-order chi connectivity index (χ1) is 8.15. The van der Waals surface area contributed by atoms with E-state index in [0.29, 0.717) is 6.04 Å². The summed E-state index contributed by atoms with van der Waals surface area (Å²) in [6, 6.07) is 1.39. The second-order valence-electron chi connectivity index (χ2n) is 6.59. The Morgan fingerprint density at radius 3 is 1.94 bits per heavy atom. The summed E-state index contributed by atoms with van der Waals surface area (Å²) in [6.45, 7) is 10.8. The van der Waals surface area contributed by atoms with Crippen molar-refractivity contribution in [2.24, 2.45) is 11.8 Å². The lowest BCUT2D eigenvalue weighted by Gasteiger charge is -2.29. The summed E-state index contributed by atoms with van der Waals surface area (Å²) < 4.78 is 0. The van der Waals surface area contributed by atoms with Gasteiger partial charge in [-0.25, -0.2) is 0 Å². The van der Waals surface area contributed by atoms with Gasteiger partial charge in [-0.3, -0.25) is 0 Å². The Labute approximate surface area is 107 Å². The summed E-state index contributed by atoms with van der Waals surface area (Å²) in [5.74, 6) is 2.07. The highest BCUT2D eigenvalue weighted by Gasteiger charge is 2.30. The molecule has 0 bridgehead atoms. The molecule has 1 unspecified atom stereocenters. The van der Waals surface area contributed by atoms with Crippen LogP contribution in [0.4, 0.5) is 0 Å². The highest BCUT2D eigenvalue weighted by atomic mass is 15.2. The molecule has 0 aromatic heterocycles. The summed E-state index contributed by atoms with van der Waals surface area (Å²) >= 11 is 0. The van der Waals surface area contributed by atoms with E-state index in [1.54, 1.807) is 0 Å². The predicted octanol–water partition coefficient (Wildman–Crippen LogP) is 2.89. The van der Waals surface area contributed by atoms with E-state index in [1.165, 1.54) is 51.7 Å². The van der Waals surface area contributed by atoms with Gasteiger partial charge >= 0.3 is 0 Å². The maximum atomic E-state index is 3.54. The van der Waals surface area contributed by atoms with Crippen molar-refractivity contribution in [3.63, 3.8) is 0 Å². The molecule has 0 saturated heterocycles. The van der Waals surface area contributed by atoms with Gasteiger partial charge in [-0.05, 0) is 57.4 Å². The molecule has 1 atom stereocenters. The van der Waals surface area contributed by atoms with E-state index in [2.05, 4.69) is 31.0 Å². The van der Waals surface area contributed by atoms with Gasteiger partial charge in [0.05, 0.1) is 0 Å². The fourth-order valence-electron chi connectivity index (χ4n) is 2.46. The van der Waals surface area contributed by atoms with E-state index in [1.807, 2.05) is 0 Å². The number of hydrogen-bond acceptors (Lipinski definition) is 2. The third-order valence-electron chi connectivity index (χ3n) is 4.12. The Balaban J connectivity index is 1.68. The Morgan fingerprint density at radius 1 is 1.00 bits per heavy atom. The minimum atomic E-state index is 0.627. The zero-order valence-corrected chi connectivity index (χ0v) is 11.9. The quantitative estimate of drug-likeness (QED) is 0.664. The predicted molar refractivity (Wildman–Crippen MR) is 74.2 cm³/mol. The van der Waals surface area contributed by atoms with Gasteiger partial charge in [0, 0.05) is 25.2 Å². The van der Waals surface area contributed by atoms with E-state index < -0.39 is 0 Å².